The number of esters is 2. The number of hydrogen-bond acceptors (Lipinski definition) is 7. The number of ether oxygens (including phenoxy) is 4. The standard InChI is InChI=1S/C17H23NO6/c1-10-5-6-14(13(7-10)18-3)23-16-9-12(22-11(2)19)8-15(24-16)17(20)21-4/h5-7,12,15-16,18H,8-9H2,1-4H3/t12?,15-,16?/m0/s1. The van der Waals surface area contributed by atoms with Crippen LogP contribution in [-0.4, -0.2) is 44.6 Å². The summed E-state index contributed by atoms with van der Waals surface area (Å²) < 4.78 is 21.5. The first kappa shape index (κ1) is 18.1. The molecule has 0 spiro atoms. The molecular formula is C17H23NO6. The number of anilines is 1. The Bertz CT molecular complexity index is 603. The Morgan fingerprint density at radius 2 is 2.04 bits per heavy atom. The smallest absolute Gasteiger partial charge is 0.335 e. The van der Waals surface area contributed by atoms with Gasteiger partial charge in [0.25, 0.3) is 0 Å². The lowest BCUT2D eigenvalue weighted by molar-refractivity contribution is -0.204. The van der Waals surface area contributed by atoms with E-state index in [1.54, 1.807) is 7.05 Å². The molecule has 1 heterocycles. The van der Waals surface area contributed by atoms with Crippen LogP contribution in [0.25, 0.3) is 0 Å². The van der Waals surface area contributed by atoms with Gasteiger partial charge in [0.05, 0.1) is 12.8 Å². The molecule has 0 bridgehead atoms. The van der Waals surface area contributed by atoms with Gasteiger partial charge in [0, 0.05) is 26.8 Å². The molecule has 1 saturated heterocycles. The largest absolute Gasteiger partial charge is 0.467 e. The van der Waals surface area contributed by atoms with Crippen molar-refractivity contribution in [3.63, 3.8) is 0 Å². The Hall–Kier alpha value is -2.28. The van der Waals surface area contributed by atoms with Gasteiger partial charge in [0.2, 0.25) is 6.29 Å². The van der Waals surface area contributed by atoms with Crippen LogP contribution in [0, 0.1) is 6.92 Å². The van der Waals surface area contributed by atoms with E-state index in [4.69, 9.17) is 18.9 Å². The summed E-state index contributed by atoms with van der Waals surface area (Å²) >= 11 is 0. The number of carbonyl (C=O) groups excluding carboxylic acids is 2. The van der Waals surface area contributed by atoms with Gasteiger partial charge < -0.3 is 24.3 Å². The monoisotopic (exact) mass is 337 g/mol. The van der Waals surface area contributed by atoms with E-state index in [2.05, 4.69) is 5.32 Å². The molecule has 1 aliphatic heterocycles. The molecule has 7 nitrogen and oxygen atoms in total. The summed E-state index contributed by atoms with van der Waals surface area (Å²) in [5, 5.41) is 3.06. The maximum absolute atomic E-state index is 11.8. The van der Waals surface area contributed by atoms with Crippen LogP contribution in [-0.2, 0) is 23.8 Å². The fraction of sp³-hybridized carbons (Fsp3) is 0.529. The fourth-order valence-electron chi connectivity index (χ4n) is 2.62. The molecule has 24 heavy (non-hydrogen) atoms. The van der Waals surface area contributed by atoms with Crippen molar-refractivity contribution in [2.75, 3.05) is 19.5 Å². The molecule has 132 valence electrons. The Morgan fingerprint density at radius 3 is 2.67 bits per heavy atom. The van der Waals surface area contributed by atoms with Crippen LogP contribution in [0.4, 0.5) is 5.69 Å². The van der Waals surface area contributed by atoms with E-state index in [9.17, 15) is 9.59 Å². The number of methoxy groups -OCH3 is 1. The topological polar surface area (TPSA) is 83.1 Å². The lowest BCUT2D eigenvalue weighted by Crippen LogP contribution is -2.44. The van der Waals surface area contributed by atoms with Crippen molar-refractivity contribution in [1.29, 1.82) is 0 Å². The molecule has 1 aliphatic rings. The number of carbonyl (C=O) groups is 2. The molecule has 2 unspecified atom stereocenters. The third-order valence-corrected chi connectivity index (χ3v) is 3.71. The predicted octanol–water partition coefficient (Wildman–Crippen LogP) is 2.03. The molecule has 1 aromatic carbocycles. The SMILES string of the molecule is CNc1cc(C)ccc1OC1CC(OC(C)=O)C[C@@H](C(=O)OC)O1. The second kappa shape index (κ2) is 8.01. The van der Waals surface area contributed by atoms with Crippen LogP contribution < -0.4 is 10.1 Å². The third kappa shape index (κ3) is 4.61. The van der Waals surface area contributed by atoms with Gasteiger partial charge in [0.1, 0.15) is 11.9 Å². The van der Waals surface area contributed by atoms with Crippen LogP contribution in [0.3, 0.4) is 0 Å². The van der Waals surface area contributed by atoms with Gasteiger partial charge in [-0.15, -0.1) is 0 Å². The highest BCUT2D eigenvalue weighted by Gasteiger charge is 2.37. The number of aryl methyl sites for hydroxylation is 1. The number of hydrogen-bond donors (Lipinski definition) is 1. The van der Waals surface area contributed by atoms with E-state index >= 15 is 0 Å². The second-order valence-corrected chi connectivity index (χ2v) is 5.65. The minimum absolute atomic E-state index is 0.249. The Labute approximate surface area is 141 Å². The van der Waals surface area contributed by atoms with E-state index in [0.717, 1.165) is 11.3 Å². The van der Waals surface area contributed by atoms with Crippen molar-refractivity contribution in [3.05, 3.63) is 23.8 Å². The zero-order valence-electron chi connectivity index (χ0n) is 14.3. The van der Waals surface area contributed by atoms with Gasteiger partial charge in [-0.3, -0.25) is 4.79 Å². The lowest BCUT2D eigenvalue weighted by atomic mass is 10.0. The lowest BCUT2D eigenvalue weighted by Gasteiger charge is -2.33. The first-order chi connectivity index (χ1) is 11.4. The molecule has 2 rings (SSSR count). The number of nitrogens with one attached hydrogen (secondary N) is 1. The first-order valence-corrected chi connectivity index (χ1v) is 7.78. The van der Waals surface area contributed by atoms with E-state index in [1.165, 1.54) is 14.0 Å². The molecule has 0 amide bonds. The van der Waals surface area contributed by atoms with Crippen LogP contribution in [0.1, 0.15) is 25.3 Å². The highest BCUT2D eigenvalue weighted by atomic mass is 16.7. The summed E-state index contributed by atoms with van der Waals surface area (Å²) in [6, 6.07) is 5.69. The molecule has 0 aliphatic carbocycles. The van der Waals surface area contributed by atoms with Crippen molar-refractivity contribution < 1.29 is 28.5 Å². The van der Waals surface area contributed by atoms with Crippen molar-refractivity contribution in [3.8, 4) is 5.75 Å². The summed E-state index contributed by atoms with van der Waals surface area (Å²) in [7, 11) is 3.08. The van der Waals surface area contributed by atoms with Gasteiger partial charge >= 0.3 is 11.9 Å². The molecule has 0 aromatic heterocycles. The minimum atomic E-state index is -0.832. The molecular weight excluding hydrogens is 314 g/mol. The van der Waals surface area contributed by atoms with Crippen molar-refractivity contribution >= 4 is 17.6 Å². The Balaban J connectivity index is 2.15. The zero-order chi connectivity index (χ0) is 17.7. The third-order valence-electron chi connectivity index (χ3n) is 3.71. The average Bonchev–Trinajstić information content (AvgIpc) is 2.54. The molecule has 1 aromatic rings. The predicted molar refractivity (Wildman–Crippen MR) is 86.8 cm³/mol. The number of benzene rings is 1. The van der Waals surface area contributed by atoms with Crippen LogP contribution in [0.2, 0.25) is 0 Å². The number of rotatable bonds is 5. The molecule has 0 radical (unpaired) electrons. The van der Waals surface area contributed by atoms with Crippen LogP contribution in [0.15, 0.2) is 18.2 Å². The summed E-state index contributed by atoms with van der Waals surface area (Å²) in [6.45, 7) is 3.31. The van der Waals surface area contributed by atoms with Gasteiger partial charge in [-0.2, -0.15) is 0 Å². The Kier molecular flexibility index (Phi) is 6.03. The Morgan fingerprint density at radius 1 is 1.29 bits per heavy atom. The summed E-state index contributed by atoms with van der Waals surface area (Å²) in [6.07, 6.45) is -1.43. The highest BCUT2D eigenvalue weighted by molar-refractivity contribution is 5.75. The average molecular weight is 337 g/mol. The van der Waals surface area contributed by atoms with Crippen molar-refractivity contribution in [2.24, 2.45) is 0 Å². The maximum Gasteiger partial charge on any atom is 0.335 e. The van der Waals surface area contributed by atoms with E-state index in [1.807, 2.05) is 25.1 Å². The molecule has 1 N–H and O–H groups in total. The molecule has 1 fully saturated rings. The molecule has 0 saturated carbocycles. The van der Waals surface area contributed by atoms with Crippen LogP contribution >= 0.6 is 0 Å². The molecule has 7 heteroatoms. The second-order valence-electron chi connectivity index (χ2n) is 5.65. The van der Waals surface area contributed by atoms with Gasteiger partial charge in [-0.05, 0) is 24.6 Å². The van der Waals surface area contributed by atoms with Crippen molar-refractivity contribution in [1.82, 2.24) is 0 Å². The van der Waals surface area contributed by atoms with E-state index < -0.39 is 30.4 Å². The van der Waals surface area contributed by atoms with Gasteiger partial charge in [-0.25, -0.2) is 4.79 Å². The van der Waals surface area contributed by atoms with E-state index in [0.29, 0.717) is 12.2 Å². The van der Waals surface area contributed by atoms with Crippen LogP contribution in [0.5, 0.6) is 5.75 Å². The fourth-order valence-corrected chi connectivity index (χ4v) is 2.62. The summed E-state index contributed by atoms with van der Waals surface area (Å²) in [5.41, 5.74) is 1.89. The summed E-state index contributed by atoms with van der Waals surface area (Å²) in [5.74, 6) is -0.325. The first-order valence-electron chi connectivity index (χ1n) is 7.78. The zero-order valence-corrected chi connectivity index (χ0v) is 14.3. The van der Waals surface area contributed by atoms with Gasteiger partial charge in [0.15, 0.2) is 6.10 Å². The normalized spacial score (nSPS) is 23.2. The molecule has 3 atom stereocenters. The van der Waals surface area contributed by atoms with E-state index in [-0.39, 0.29) is 6.42 Å². The minimum Gasteiger partial charge on any atom is -0.467 e. The summed E-state index contributed by atoms with van der Waals surface area (Å²) in [4.78, 5) is 23.0. The highest BCUT2D eigenvalue weighted by Crippen LogP contribution is 2.30. The van der Waals surface area contributed by atoms with Gasteiger partial charge in [-0.1, -0.05) is 6.07 Å². The maximum atomic E-state index is 11.8. The quantitative estimate of drug-likeness (QED) is 0.823. The van der Waals surface area contributed by atoms with Crippen molar-refractivity contribution in [2.45, 2.75) is 45.2 Å².